The average molecular weight is 366 g/mol. The van der Waals surface area contributed by atoms with Crippen molar-refractivity contribution >= 4 is 28.6 Å². The zero-order chi connectivity index (χ0) is 17.6. The molecule has 24 heavy (non-hydrogen) atoms. The quantitative estimate of drug-likeness (QED) is 0.607. The second-order valence-corrected chi connectivity index (χ2v) is 8.81. The van der Waals surface area contributed by atoms with Crippen LogP contribution < -0.4 is 10.6 Å². The van der Waals surface area contributed by atoms with Crippen LogP contribution in [0.15, 0.2) is 16.6 Å². The third kappa shape index (κ3) is 5.87. The molecule has 2 rings (SSSR count). The molecule has 0 spiro atoms. The van der Waals surface area contributed by atoms with E-state index in [0.717, 1.165) is 41.2 Å². The number of guanidine groups is 1. The summed E-state index contributed by atoms with van der Waals surface area (Å²) in [7, 11) is 0. The lowest BCUT2D eigenvalue weighted by atomic mass is 9.98. The molecule has 0 atom stereocenters. The van der Waals surface area contributed by atoms with Crippen molar-refractivity contribution < 1.29 is 0 Å². The maximum Gasteiger partial charge on any atom is 0.191 e. The fourth-order valence-electron chi connectivity index (χ4n) is 2.03. The van der Waals surface area contributed by atoms with E-state index in [1.807, 2.05) is 6.20 Å². The number of thiazole rings is 2. The van der Waals surface area contributed by atoms with Crippen LogP contribution in [0.5, 0.6) is 0 Å². The van der Waals surface area contributed by atoms with Crippen molar-refractivity contribution in [2.24, 2.45) is 4.99 Å². The van der Waals surface area contributed by atoms with Crippen LogP contribution in [0.4, 0.5) is 0 Å². The van der Waals surface area contributed by atoms with E-state index in [1.54, 1.807) is 22.7 Å². The predicted octanol–water partition coefficient (Wildman–Crippen LogP) is 3.50. The first kappa shape index (κ1) is 18.9. The lowest BCUT2D eigenvalue weighted by molar-refractivity contribution is 0.583. The molecule has 7 heteroatoms. The number of nitrogens with one attached hydrogen (secondary N) is 2. The van der Waals surface area contributed by atoms with E-state index in [9.17, 15) is 0 Å². The molecule has 0 saturated carbocycles. The highest BCUT2D eigenvalue weighted by Gasteiger charge is 2.17. The summed E-state index contributed by atoms with van der Waals surface area (Å²) in [6.07, 6.45) is 2.84. The minimum Gasteiger partial charge on any atom is -0.357 e. The summed E-state index contributed by atoms with van der Waals surface area (Å²) in [5.74, 6) is 0.830. The first-order valence-corrected chi connectivity index (χ1v) is 9.96. The number of aryl methyl sites for hydroxylation is 1. The molecule has 0 unspecified atom stereocenters. The summed E-state index contributed by atoms with van der Waals surface area (Å²) in [5, 5.41) is 11.1. The first-order chi connectivity index (χ1) is 11.4. The van der Waals surface area contributed by atoms with Gasteiger partial charge in [-0.3, -0.25) is 0 Å². The zero-order valence-corrected chi connectivity index (χ0v) is 16.8. The summed E-state index contributed by atoms with van der Waals surface area (Å²) < 4.78 is 0. The lowest BCUT2D eigenvalue weighted by Crippen LogP contribution is -2.38. The Morgan fingerprint density at radius 1 is 1.29 bits per heavy atom. The molecule has 0 aliphatic rings. The van der Waals surface area contributed by atoms with Crippen molar-refractivity contribution in [3.63, 3.8) is 0 Å². The number of nitrogens with zero attached hydrogens (tertiary/aromatic N) is 3. The molecule has 2 aromatic rings. The van der Waals surface area contributed by atoms with Gasteiger partial charge >= 0.3 is 0 Å². The fourth-order valence-corrected chi connectivity index (χ4v) is 3.72. The Labute approximate surface area is 152 Å². The van der Waals surface area contributed by atoms with Crippen LogP contribution in [0.1, 0.15) is 48.3 Å². The van der Waals surface area contributed by atoms with Crippen LogP contribution >= 0.6 is 22.7 Å². The van der Waals surface area contributed by atoms with Gasteiger partial charge in [-0.25, -0.2) is 15.0 Å². The van der Waals surface area contributed by atoms with Gasteiger partial charge < -0.3 is 10.6 Å². The van der Waals surface area contributed by atoms with Crippen LogP contribution in [0.3, 0.4) is 0 Å². The molecular formula is C17H27N5S2. The van der Waals surface area contributed by atoms with Gasteiger partial charge in [-0.2, -0.15) is 0 Å². The van der Waals surface area contributed by atoms with Gasteiger partial charge in [-0.15, -0.1) is 22.7 Å². The summed E-state index contributed by atoms with van der Waals surface area (Å²) in [6, 6.07) is 0. The zero-order valence-electron chi connectivity index (χ0n) is 15.1. The van der Waals surface area contributed by atoms with Crippen molar-refractivity contribution in [1.29, 1.82) is 0 Å². The van der Waals surface area contributed by atoms with Crippen LogP contribution in [0.25, 0.3) is 0 Å². The van der Waals surface area contributed by atoms with Gasteiger partial charge in [0.25, 0.3) is 0 Å². The molecule has 0 radical (unpaired) electrons. The SMILES string of the molecule is CCNC(=NCc1csc(C(C)(C)C)n1)NCCc1ncc(C)s1. The molecule has 0 aliphatic carbocycles. The van der Waals surface area contributed by atoms with Gasteiger partial charge in [0.2, 0.25) is 0 Å². The van der Waals surface area contributed by atoms with Gasteiger partial charge in [0.05, 0.1) is 22.3 Å². The van der Waals surface area contributed by atoms with Crippen molar-refractivity contribution in [2.45, 2.75) is 53.0 Å². The Hall–Kier alpha value is -1.47. The number of hydrogen-bond donors (Lipinski definition) is 2. The van der Waals surface area contributed by atoms with E-state index in [1.165, 1.54) is 4.88 Å². The fraction of sp³-hybridized carbons (Fsp3) is 0.588. The van der Waals surface area contributed by atoms with E-state index in [2.05, 4.69) is 60.6 Å². The van der Waals surface area contributed by atoms with Gasteiger partial charge in [0.15, 0.2) is 5.96 Å². The van der Waals surface area contributed by atoms with Gasteiger partial charge in [0.1, 0.15) is 0 Å². The molecule has 0 amide bonds. The van der Waals surface area contributed by atoms with Gasteiger partial charge in [-0.05, 0) is 13.8 Å². The van der Waals surface area contributed by atoms with Gasteiger partial charge in [0, 0.05) is 41.4 Å². The lowest BCUT2D eigenvalue weighted by Gasteiger charge is -2.13. The molecule has 2 aromatic heterocycles. The van der Waals surface area contributed by atoms with Crippen LogP contribution in [0, 0.1) is 6.92 Å². The Morgan fingerprint density at radius 2 is 2.08 bits per heavy atom. The maximum absolute atomic E-state index is 4.69. The highest BCUT2D eigenvalue weighted by molar-refractivity contribution is 7.11. The van der Waals surface area contributed by atoms with Crippen LogP contribution in [-0.2, 0) is 18.4 Å². The first-order valence-electron chi connectivity index (χ1n) is 8.27. The smallest absolute Gasteiger partial charge is 0.191 e. The molecule has 0 fully saturated rings. The summed E-state index contributed by atoms with van der Waals surface area (Å²) in [4.78, 5) is 15.0. The molecule has 0 aliphatic heterocycles. The largest absolute Gasteiger partial charge is 0.357 e. The van der Waals surface area contributed by atoms with E-state index in [4.69, 9.17) is 4.98 Å². The maximum atomic E-state index is 4.69. The standard InChI is InChI=1S/C17H27N5S2/c1-6-18-16(19-8-7-14-20-9-12(2)24-14)21-10-13-11-23-15(22-13)17(3,4)5/h9,11H,6-8,10H2,1-5H3,(H2,18,19,21). The minimum absolute atomic E-state index is 0.0984. The van der Waals surface area contributed by atoms with Crippen LogP contribution in [-0.4, -0.2) is 29.0 Å². The molecule has 2 N–H and O–H groups in total. The van der Waals surface area contributed by atoms with E-state index < -0.39 is 0 Å². The Balaban J connectivity index is 1.89. The monoisotopic (exact) mass is 365 g/mol. The molecular weight excluding hydrogens is 338 g/mol. The third-order valence-corrected chi connectivity index (χ3v) is 5.53. The predicted molar refractivity (Wildman–Crippen MR) is 104 cm³/mol. The highest BCUT2D eigenvalue weighted by atomic mass is 32.1. The Morgan fingerprint density at radius 3 is 2.67 bits per heavy atom. The second-order valence-electron chi connectivity index (χ2n) is 6.63. The summed E-state index contributed by atoms with van der Waals surface area (Å²) in [6.45, 7) is 13.0. The number of aromatic nitrogens is 2. The third-order valence-electron chi connectivity index (χ3n) is 3.24. The Bertz CT molecular complexity index is 667. The van der Waals surface area contributed by atoms with E-state index in [0.29, 0.717) is 6.54 Å². The van der Waals surface area contributed by atoms with Crippen LogP contribution in [0.2, 0.25) is 0 Å². The topological polar surface area (TPSA) is 62.2 Å². The molecule has 132 valence electrons. The van der Waals surface area contributed by atoms with Crippen molar-refractivity contribution in [3.05, 3.63) is 32.2 Å². The molecule has 5 nitrogen and oxygen atoms in total. The molecule has 0 bridgehead atoms. The number of hydrogen-bond acceptors (Lipinski definition) is 5. The molecule has 0 aromatic carbocycles. The summed E-state index contributed by atoms with van der Waals surface area (Å²) >= 11 is 3.46. The number of aliphatic imine (C=N–C) groups is 1. The Kier molecular flexibility index (Phi) is 6.74. The van der Waals surface area contributed by atoms with Gasteiger partial charge in [-0.1, -0.05) is 20.8 Å². The highest BCUT2D eigenvalue weighted by Crippen LogP contribution is 2.25. The second kappa shape index (κ2) is 8.58. The molecule has 2 heterocycles. The van der Waals surface area contributed by atoms with Crippen molar-refractivity contribution in [1.82, 2.24) is 20.6 Å². The van der Waals surface area contributed by atoms with Crippen molar-refractivity contribution in [3.8, 4) is 0 Å². The molecule has 0 saturated heterocycles. The van der Waals surface area contributed by atoms with E-state index in [-0.39, 0.29) is 5.41 Å². The summed E-state index contributed by atoms with van der Waals surface area (Å²) in [5.41, 5.74) is 1.12. The minimum atomic E-state index is 0.0984. The number of rotatable bonds is 6. The van der Waals surface area contributed by atoms with E-state index >= 15 is 0 Å². The normalized spacial score (nSPS) is 12.5. The average Bonchev–Trinajstić information content (AvgIpc) is 3.13. The van der Waals surface area contributed by atoms with Crippen molar-refractivity contribution in [2.75, 3.05) is 13.1 Å².